The molecule has 5 nitrogen and oxygen atoms in total. The Morgan fingerprint density at radius 2 is 2.40 bits per heavy atom. The van der Waals surface area contributed by atoms with Crippen molar-refractivity contribution < 1.29 is 9.53 Å². The van der Waals surface area contributed by atoms with Crippen LogP contribution in [-0.4, -0.2) is 37.2 Å². The van der Waals surface area contributed by atoms with Crippen molar-refractivity contribution in [2.45, 2.75) is 31.9 Å². The first-order chi connectivity index (χ1) is 7.06. The van der Waals surface area contributed by atoms with Crippen LogP contribution in [0.3, 0.4) is 0 Å². The molecule has 1 atom stereocenters. The van der Waals surface area contributed by atoms with E-state index in [2.05, 4.69) is 10.6 Å². The first kappa shape index (κ1) is 12.0. The monoisotopic (exact) mass is 211 g/mol. The van der Waals surface area contributed by atoms with Crippen molar-refractivity contribution in [3.8, 4) is 6.07 Å². The zero-order valence-electron chi connectivity index (χ0n) is 9.17. The smallest absolute Gasteiger partial charge is 0.246 e. The first-order valence-corrected chi connectivity index (χ1v) is 5.07. The minimum absolute atomic E-state index is 0.0634. The zero-order valence-corrected chi connectivity index (χ0v) is 9.17. The lowest BCUT2D eigenvalue weighted by Crippen LogP contribution is -2.59. The summed E-state index contributed by atoms with van der Waals surface area (Å²) in [5, 5.41) is 14.2. The molecule has 1 fully saturated rings. The van der Waals surface area contributed by atoms with Gasteiger partial charge in [0.05, 0.1) is 18.1 Å². The molecule has 1 amide bonds. The van der Waals surface area contributed by atoms with Gasteiger partial charge in [-0.2, -0.15) is 5.26 Å². The molecule has 0 aromatic rings. The third-order valence-corrected chi connectivity index (χ3v) is 2.35. The van der Waals surface area contributed by atoms with Crippen molar-refractivity contribution in [1.29, 1.82) is 5.26 Å². The van der Waals surface area contributed by atoms with E-state index in [0.717, 1.165) is 13.1 Å². The Bertz CT molecular complexity index is 268. The third kappa shape index (κ3) is 3.86. The predicted molar refractivity (Wildman–Crippen MR) is 55.1 cm³/mol. The van der Waals surface area contributed by atoms with Crippen LogP contribution < -0.4 is 10.6 Å². The van der Waals surface area contributed by atoms with Gasteiger partial charge in [0.1, 0.15) is 6.61 Å². The lowest BCUT2D eigenvalue weighted by atomic mass is 10.0. The van der Waals surface area contributed by atoms with Gasteiger partial charge in [-0.1, -0.05) is 0 Å². The fourth-order valence-corrected chi connectivity index (χ4v) is 1.32. The summed E-state index contributed by atoms with van der Waals surface area (Å²) < 4.78 is 5.45. The summed E-state index contributed by atoms with van der Waals surface area (Å²) in [7, 11) is 0. The van der Waals surface area contributed by atoms with Crippen LogP contribution in [0.1, 0.15) is 20.3 Å². The second-order valence-corrected chi connectivity index (χ2v) is 4.17. The summed E-state index contributed by atoms with van der Waals surface area (Å²) >= 11 is 0. The fourth-order valence-electron chi connectivity index (χ4n) is 1.32. The van der Waals surface area contributed by atoms with Crippen LogP contribution in [0.25, 0.3) is 0 Å². The van der Waals surface area contributed by atoms with E-state index in [1.54, 1.807) is 6.92 Å². The highest BCUT2D eigenvalue weighted by Gasteiger charge is 2.33. The maximum absolute atomic E-state index is 11.3. The van der Waals surface area contributed by atoms with E-state index >= 15 is 0 Å². The maximum Gasteiger partial charge on any atom is 0.246 e. The van der Waals surface area contributed by atoms with Crippen molar-refractivity contribution in [1.82, 2.24) is 10.6 Å². The molecule has 1 rings (SSSR count). The highest BCUT2D eigenvalue weighted by Crippen LogP contribution is 2.14. The number of ether oxygens (including phenoxy) is 1. The van der Waals surface area contributed by atoms with Crippen LogP contribution >= 0.6 is 0 Å². The summed E-state index contributed by atoms with van der Waals surface area (Å²) in [4.78, 5) is 11.3. The Balaban J connectivity index is 2.16. The van der Waals surface area contributed by atoms with Gasteiger partial charge in [0, 0.05) is 19.1 Å². The van der Waals surface area contributed by atoms with E-state index in [4.69, 9.17) is 10.00 Å². The highest BCUT2D eigenvalue weighted by atomic mass is 16.5. The molecule has 1 saturated heterocycles. The van der Waals surface area contributed by atoms with E-state index in [9.17, 15) is 4.79 Å². The number of nitrogens with one attached hydrogen (secondary N) is 2. The Labute approximate surface area is 89.8 Å². The molecule has 0 aliphatic carbocycles. The highest BCUT2D eigenvalue weighted by molar-refractivity contribution is 5.77. The van der Waals surface area contributed by atoms with Crippen LogP contribution in [0.5, 0.6) is 0 Å². The number of nitriles is 1. The van der Waals surface area contributed by atoms with Crippen LogP contribution in [0.15, 0.2) is 0 Å². The number of rotatable bonds is 5. The Morgan fingerprint density at radius 3 is 2.87 bits per heavy atom. The quantitative estimate of drug-likeness (QED) is 0.659. The van der Waals surface area contributed by atoms with Gasteiger partial charge in [-0.3, -0.25) is 4.79 Å². The largest absolute Gasteiger partial charge is 0.363 e. The van der Waals surface area contributed by atoms with Crippen molar-refractivity contribution in [3.63, 3.8) is 0 Å². The van der Waals surface area contributed by atoms with Gasteiger partial charge >= 0.3 is 0 Å². The number of carbonyl (C=O) groups is 1. The Kier molecular flexibility index (Phi) is 4.06. The minimum Gasteiger partial charge on any atom is -0.363 e. The van der Waals surface area contributed by atoms with E-state index in [0.29, 0.717) is 6.42 Å². The van der Waals surface area contributed by atoms with Crippen LogP contribution in [-0.2, 0) is 9.53 Å². The molecule has 0 saturated carbocycles. The molecular formula is C10H17N3O2. The number of amides is 1. The number of hydrogen-bond donors (Lipinski definition) is 2. The van der Waals surface area contributed by atoms with Gasteiger partial charge in [-0.25, -0.2) is 0 Å². The van der Waals surface area contributed by atoms with Gasteiger partial charge in [0.15, 0.2) is 0 Å². The van der Waals surface area contributed by atoms with Gasteiger partial charge in [0.25, 0.3) is 0 Å². The molecule has 0 radical (unpaired) electrons. The average molecular weight is 211 g/mol. The summed E-state index contributed by atoms with van der Waals surface area (Å²) in [5.41, 5.74) is -0.199. The molecule has 1 aliphatic rings. The standard InChI is InChI=1S/C10H17N3O2/c1-8(3-4-11)13-9(14)5-15-10(2)6-12-7-10/h8,12H,3,5-7H2,1-2H3,(H,13,14). The average Bonchev–Trinajstić information content (AvgIpc) is 2.12. The first-order valence-electron chi connectivity index (χ1n) is 5.07. The minimum atomic E-state index is -0.199. The zero-order chi connectivity index (χ0) is 11.3. The normalized spacial score (nSPS) is 19.8. The summed E-state index contributed by atoms with van der Waals surface area (Å²) in [6.45, 7) is 5.40. The van der Waals surface area contributed by atoms with Crippen LogP contribution in [0.4, 0.5) is 0 Å². The molecule has 84 valence electrons. The summed E-state index contributed by atoms with van der Waals surface area (Å²) in [6.07, 6.45) is 0.324. The predicted octanol–water partition coefficient (Wildman–Crippen LogP) is -0.217. The Hall–Kier alpha value is -1.12. The summed E-state index contributed by atoms with van der Waals surface area (Å²) in [5.74, 6) is -0.161. The molecule has 15 heavy (non-hydrogen) atoms. The lowest BCUT2D eigenvalue weighted by molar-refractivity contribution is -0.136. The van der Waals surface area contributed by atoms with Crippen molar-refractivity contribution >= 4 is 5.91 Å². The van der Waals surface area contributed by atoms with E-state index < -0.39 is 0 Å². The molecule has 0 aromatic heterocycles. The lowest BCUT2D eigenvalue weighted by Gasteiger charge is -2.38. The van der Waals surface area contributed by atoms with Gasteiger partial charge < -0.3 is 15.4 Å². The van der Waals surface area contributed by atoms with E-state index in [1.807, 2.05) is 13.0 Å². The molecule has 0 aromatic carbocycles. The summed E-state index contributed by atoms with van der Waals surface area (Å²) in [6, 6.07) is 1.89. The van der Waals surface area contributed by atoms with Crippen molar-refractivity contribution in [2.75, 3.05) is 19.7 Å². The maximum atomic E-state index is 11.3. The Morgan fingerprint density at radius 1 is 1.73 bits per heavy atom. The number of carbonyl (C=O) groups excluding carboxylic acids is 1. The molecule has 5 heteroatoms. The molecule has 1 aliphatic heterocycles. The third-order valence-electron chi connectivity index (χ3n) is 2.35. The second-order valence-electron chi connectivity index (χ2n) is 4.17. The van der Waals surface area contributed by atoms with E-state index in [-0.39, 0.29) is 24.2 Å². The van der Waals surface area contributed by atoms with Gasteiger partial charge in [-0.15, -0.1) is 0 Å². The molecule has 1 heterocycles. The molecule has 0 spiro atoms. The molecule has 2 N–H and O–H groups in total. The van der Waals surface area contributed by atoms with Crippen LogP contribution in [0, 0.1) is 11.3 Å². The fraction of sp³-hybridized carbons (Fsp3) is 0.800. The number of nitrogens with zero attached hydrogens (tertiary/aromatic N) is 1. The molecule has 0 bridgehead atoms. The molecule has 1 unspecified atom stereocenters. The molecular weight excluding hydrogens is 194 g/mol. The SMILES string of the molecule is CC(CC#N)NC(=O)COC1(C)CNC1. The van der Waals surface area contributed by atoms with Gasteiger partial charge in [-0.05, 0) is 13.8 Å². The van der Waals surface area contributed by atoms with E-state index in [1.165, 1.54) is 0 Å². The van der Waals surface area contributed by atoms with Crippen molar-refractivity contribution in [2.24, 2.45) is 0 Å². The van der Waals surface area contributed by atoms with Crippen LogP contribution in [0.2, 0.25) is 0 Å². The topological polar surface area (TPSA) is 74.2 Å². The second kappa shape index (κ2) is 5.10. The van der Waals surface area contributed by atoms with Gasteiger partial charge in [0.2, 0.25) is 5.91 Å². The van der Waals surface area contributed by atoms with Crippen molar-refractivity contribution in [3.05, 3.63) is 0 Å². The number of hydrogen-bond acceptors (Lipinski definition) is 4.